The first kappa shape index (κ1) is 10.5. The Morgan fingerprint density at radius 2 is 1.79 bits per heavy atom. The van der Waals surface area contributed by atoms with Gasteiger partial charge in [-0.1, -0.05) is 12.1 Å². The molecule has 0 aliphatic heterocycles. The normalized spacial score (nSPS) is 12.2. The van der Waals surface area contributed by atoms with E-state index in [9.17, 15) is 9.90 Å². The largest absolute Gasteiger partial charge is 0.479 e. The van der Waals surface area contributed by atoms with Crippen molar-refractivity contribution in [1.82, 2.24) is 0 Å². The number of carboxylic acid groups (broad SMARTS) is 1. The van der Waals surface area contributed by atoms with Gasteiger partial charge in [0.1, 0.15) is 0 Å². The van der Waals surface area contributed by atoms with Gasteiger partial charge >= 0.3 is 5.97 Å². The molecular formula is C10H13NO3. The van der Waals surface area contributed by atoms with Crippen molar-refractivity contribution in [2.24, 2.45) is 0 Å². The van der Waals surface area contributed by atoms with Crippen molar-refractivity contribution in [1.29, 1.82) is 0 Å². The van der Waals surface area contributed by atoms with Gasteiger partial charge in [0.25, 0.3) is 0 Å². The van der Waals surface area contributed by atoms with Crippen LogP contribution in [-0.4, -0.2) is 30.3 Å². The van der Waals surface area contributed by atoms with Crippen LogP contribution in [0, 0.1) is 0 Å². The van der Waals surface area contributed by atoms with E-state index < -0.39 is 12.1 Å². The molecule has 14 heavy (non-hydrogen) atoms. The lowest BCUT2D eigenvalue weighted by Crippen LogP contribution is -2.11. The molecule has 0 radical (unpaired) electrons. The van der Waals surface area contributed by atoms with Crippen molar-refractivity contribution < 1.29 is 15.0 Å². The molecule has 0 fully saturated rings. The van der Waals surface area contributed by atoms with E-state index in [1.54, 1.807) is 24.3 Å². The minimum Gasteiger partial charge on any atom is -0.479 e. The number of hydrogen-bond acceptors (Lipinski definition) is 3. The van der Waals surface area contributed by atoms with E-state index in [1.165, 1.54) is 0 Å². The van der Waals surface area contributed by atoms with Crippen LogP contribution in [0.2, 0.25) is 0 Å². The first-order valence-electron chi connectivity index (χ1n) is 4.20. The maximum Gasteiger partial charge on any atom is 0.337 e. The molecule has 1 rings (SSSR count). The Morgan fingerprint density at radius 3 is 2.14 bits per heavy atom. The minimum atomic E-state index is -1.44. The number of anilines is 1. The van der Waals surface area contributed by atoms with Crippen LogP contribution in [0.1, 0.15) is 11.7 Å². The summed E-state index contributed by atoms with van der Waals surface area (Å²) in [5.74, 6) is -1.23. The minimum absolute atomic E-state index is 0.392. The van der Waals surface area contributed by atoms with Gasteiger partial charge in [-0.2, -0.15) is 0 Å². The standard InChI is InChI=1S/C10H13NO3/c1-11(2)8-5-3-7(4-6-8)9(12)10(13)14/h3-6,9,12H,1-2H3,(H,13,14)/t9-/m1/s1. The summed E-state index contributed by atoms with van der Waals surface area (Å²) in [5, 5.41) is 17.8. The van der Waals surface area contributed by atoms with Crippen molar-refractivity contribution >= 4 is 11.7 Å². The zero-order valence-electron chi connectivity index (χ0n) is 8.14. The van der Waals surface area contributed by atoms with Crippen molar-refractivity contribution in [3.05, 3.63) is 29.8 Å². The van der Waals surface area contributed by atoms with Gasteiger partial charge in [-0.3, -0.25) is 0 Å². The molecule has 2 N–H and O–H groups in total. The highest BCUT2D eigenvalue weighted by Gasteiger charge is 2.15. The lowest BCUT2D eigenvalue weighted by molar-refractivity contribution is -0.146. The summed E-state index contributed by atoms with van der Waals surface area (Å²) < 4.78 is 0. The van der Waals surface area contributed by atoms with Gasteiger partial charge in [-0.15, -0.1) is 0 Å². The lowest BCUT2D eigenvalue weighted by atomic mass is 10.1. The molecule has 0 aliphatic carbocycles. The van der Waals surface area contributed by atoms with Crippen LogP contribution >= 0.6 is 0 Å². The fraction of sp³-hybridized carbons (Fsp3) is 0.300. The summed E-state index contributed by atoms with van der Waals surface area (Å²) in [6, 6.07) is 6.74. The topological polar surface area (TPSA) is 60.8 Å². The maximum atomic E-state index is 10.5. The third kappa shape index (κ3) is 2.23. The quantitative estimate of drug-likeness (QED) is 0.751. The average Bonchev–Trinajstić information content (AvgIpc) is 2.16. The van der Waals surface area contributed by atoms with Gasteiger partial charge in [0, 0.05) is 19.8 Å². The number of aliphatic hydroxyl groups is 1. The fourth-order valence-electron chi connectivity index (χ4n) is 1.10. The molecule has 0 saturated heterocycles. The van der Waals surface area contributed by atoms with Gasteiger partial charge < -0.3 is 15.1 Å². The van der Waals surface area contributed by atoms with Gasteiger partial charge in [0.2, 0.25) is 0 Å². The molecule has 0 aromatic heterocycles. The summed E-state index contributed by atoms with van der Waals surface area (Å²) in [6.07, 6.45) is -1.44. The third-order valence-electron chi connectivity index (χ3n) is 1.96. The fourth-order valence-corrected chi connectivity index (χ4v) is 1.10. The first-order chi connectivity index (χ1) is 6.52. The number of aliphatic hydroxyl groups excluding tert-OH is 1. The van der Waals surface area contributed by atoms with Crippen molar-refractivity contribution in [2.45, 2.75) is 6.10 Å². The van der Waals surface area contributed by atoms with Crippen LogP contribution in [0.3, 0.4) is 0 Å². The molecule has 0 spiro atoms. The second-order valence-corrected chi connectivity index (χ2v) is 3.23. The smallest absolute Gasteiger partial charge is 0.337 e. The van der Waals surface area contributed by atoms with Crippen LogP contribution < -0.4 is 4.90 Å². The number of aliphatic carboxylic acids is 1. The van der Waals surface area contributed by atoms with E-state index in [1.807, 2.05) is 19.0 Å². The van der Waals surface area contributed by atoms with Crippen LogP contribution in [0.25, 0.3) is 0 Å². The molecule has 0 saturated carbocycles. The number of rotatable bonds is 3. The molecule has 0 bridgehead atoms. The number of carbonyl (C=O) groups is 1. The number of carboxylic acids is 1. The van der Waals surface area contributed by atoms with Crippen molar-refractivity contribution in [3.63, 3.8) is 0 Å². The first-order valence-corrected chi connectivity index (χ1v) is 4.20. The zero-order valence-corrected chi connectivity index (χ0v) is 8.14. The molecule has 1 aromatic carbocycles. The Morgan fingerprint density at radius 1 is 1.29 bits per heavy atom. The van der Waals surface area contributed by atoms with Gasteiger partial charge in [-0.25, -0.2) is 4.79 Å². The molecule has 0 unspecified atom stereocenters. The summed E-state index contributed by atoms with van der Waals surface area (Å²) in [5.41, 5.74) is 1.36. The van der Waals surface area contributed by atoms with Crippen LogP contribution in [-0.2, 0) is 4.79 Å². The van der Waals surface area contributed by atoms with Crippen LogP contribution in [0.15, 0.2) is 24.3 Å². The summed E-state index contributed by atoms with van der Waals surface area (Å²) >= 11 is 0. The van der Waals surface area contributed by atoms with E-state index in [0.29, 0.717) is 5.56 Å². The van der Waals surface area contributed by atoms with E-state index in [0.717, 1.165) is 5.69 Å². The lowest BCUT2D eigenvalue weighted by Gasteiger charge is -2.13. The zero-order chi connectivity index (χ0) is 10.7. The van der Waals surface area contributed by atoms with E-state index >= 15 is 0 Å². The number of benzene rings is 1. The number of hydrogen-bond donors (Lipinski definition) is 2. The Kier molecular flexibility index (Phi) is 3.09. The Bertz CT molecular complexity index is 319. The van der Waals surface area contributed by atoms with Crippen molar-refractivity contribution in [2.75, 3.05) is 19.0 Å². The molecule has 4 heteroatoms. The Balaban J connectivity index is 2.88. The Hall–Kier alpha value is -1.55. The highest BCUT2D eigenvalue weighted by molar-refractivity contribution is 5.74. The number of nitrogens with zero attached hydrogens (tertiary/aromatic N) is 1. The second-order valence-electron chi connectivity index (χ2n) is 3.23. The van der Waals surface area contributed by atoms with E-state index in [2.05, 4.69) is 0 Å². The monoisotopic (exact) mass is 195 g/mol. The highest BCUT2D eigenvalue weighted by atomic mass is 16.4. The Labute approximate surface area is 82.4 Å². The SMILES string of the molecule is CN(C)c1ccc([C@@H](O)C(=O)O)cc1. The molecule has 0 aliphatic rings. The van der Waals surface area contributed by atoms with Gasteiger partial charge in [-0.05, 0) is 17.7 Å². The molecule has 0 heterocycles. The molecule has 76 valence electrons. The molecule has 1 aromatic rings. The van der Waals surface area contributed by atoms with Crippen LogP contribution in [0.4, 0.5) is 5.69 Å². The van der Waals surface area contributed by atoms with Crippen LogP contribution in [0.5, 0.6) is 0 Å². The van der Waals surface area contributed by atoms with E-state index in [4.69, 9.17) is 5.11 Å². The predicted molar refractivity (Wildman–Crippen MR) is 53.4 cm³/mol. The summed E-state index contributed by atoms with van der Waals surface area (Å²) in [7, 11) is 3.78. The average molecular weight is 195 g/mol. The van der Waals surface area contributed by atoms with Gasteiger partial charge in [0.15, 0.2) is 6.10 Å². The summed E-state index contributed by atoms with van der Waals surface area (Å²) in [6.45, 7) is 0. The van der Waals surface area contributed by atoms with Crippen molar-refractivity contribution in [3.8, 4) is 0 Å². The molecule has 0 amide bonds. The summed E-state index contributed by atoms with van der Waals surface area (Å²) in [4.78, 5) is 12.4. The molecular weight excluding hydrogens is 182 g/mol. The second kappa shape index (κ2) is 4.11. The maximum absolute atomic E-state index is 10.5. The molecule has 1 atom stereocenters. The molecule has 4 nitrogen and oxygen atoms in total. The highest BCUT2D eigenvalue weighted by Crippen LogP contribution is 2.17. The van der Waals surface area contributed by atoms with Gasteiger partial charge in [0.05, 0.1) is 0 Å². The predicted octanol–water partition coefficient (Wildman–Crippen LogP) is 0.871. The third-order valence-corrected chi connectivity index (χ3v) is 1.96. The van der Waals surface area contributed by atoms with E-state index in [-0.39, 0.29) is 0 Å².